The van der Waals surface area contributed by atoms with E-state index in [-0.39, 0.29) is 6.04 Å². The number of ether oxygens (including phenoxy) is 1. The van der Waals surface area contributed by atoms with Crippen molar-refractivity contribution < 1.29 is 14.7 Å². The van der Waals surface area contributed by atoms with Gasteiger partial charge < -0.3 is 10.1 Å². The first kappa shape index (κ1) is 18.2. The Morgan fingerprint density at radius 1 is 1.14 bits per heavy atom. The summed E-state index contributed by atoms with van der Waals surface area (Å²) in [5.41, 5.74) is 3.51. The molecular formula is C21H19N3O3S. The molecular weight excluding hydrogens is 374 g/mol. The lowest BCUT2D eigenvalue weighted by atomic mass is 10.0. The van der Waals surface area contributed by atoms with Crippen LogP contribution in [0.2, 0.25) is 0 Å². The number of hydrogen-bond acceptors (Lipinski definition) is 5. The third-order valence-electron chi connectivity index (χ3n) is 4.49. The molecule has 7 heteroatoms. The molecule has 3 N–H and O–H groups in total. The lowest BCUT2D eigenvalue weighted by Crippen LogP contribution is -2.34. The number of hydroxylamine groups is 1. The summed E-state index contributed by atoms with van der Waals surface area (Å²) < 4.78 is 7.09. The molecule has 0 unspecified atom stereocenters. The molecule has 0 aliphatic heterocycles. The zero-order chi connectivity index (χ0) is 19.5. The van der Waals surface area contributed by atoms with Gasteiger partial charge in [0.1, 0.15) is 17.4 Å². The molecule has 0 saturated carbocycles. The number of rotatable bonds is 5. The van der Waals surface area contributed by atoms with Gasteiger partial charge in [-0.25, -0.2) is 15.3 Å². The Balaban J connectivity index is 1.48. The van der Waals surface area contributed by atoms with Gasteiger partial charge in [-0.3, -0.25) is 5.21 Å². The molecule has 0 bridgehead atoms. The highest BCUT2D eigenvalue weighted by Crippen LogP contribution is 2.26. The molecule has 142 valence electrons. The predicted molar refractivity (Wildman–Crippen MR) is 110 cm³/mol. The average molecular weight is 393 g/mol. The third kappa shape index (κ3) is 3.90. The minimum absolute atomic E-state index is 0.230. The normalized spacial score (nSPS) is 12.1. The van der Waals surface area contributed by atoms with Crippen molar-refractivity contribution in [3.8, 4) is 5.75 Å². The number of carbonyl (C=O) groups excluding carboxylic acids is 1. The maximum atomic E-state index is 11.3. The summed E-state index contributed by atoms with van der Waals surface area (Å²) in [5, 5.41) is 14.3. The zero-order valence-corrected chi connectivity index (χ0v) is 16.0. The zero-order valence-electron chi connectivity index (χ0n) is 15.2. The van der Waals surface area contributed by atoms with Crippen molar-refractivity contribution in [2.45, 2.75) is 19.6 Å². The number of thiazole rings is 1. The molecule has 4 rings (SSSR count). The van der Waals surface area contributed by atoms with Gasteiger partial charge in [-0.2, -0.15) is 0 Å². The van der Waals surface area contributed by atoms with E-state index >= 15 is 0 Å². The van der Waals surface area contributed by atoms with Crippen molar-refractivity contribution in [1.82, 2.24) is 15.8 Å². The molecule has 1 aromatic heterocycles. The summed E-state index contributed by atoms with van der Waals surface area (Å²) in [6.07, 6.45) is 0. The summed E-state index contributed by atoms with van der Waals surface area (Å²) in [5.74, 6) is 0.783. The van der Waals surface area contributed by atoms with E-state index in [1.165, 1.54) is 0 Å². The Kier molecular flexibility index (Phi) is 5.10. The third-order valence-corrected chi connectivity index (χ3v) is 5.50. The van der Waals surface area contributed by atoms with Crippen LogP contribution in [0.25, 0.3) is 21.0 Å². The standard InChI is InChI=1S/C21H19N3O3S/c1-13(22-21(25)24-26)14-6-7-16-11-17(9-8-15(16)10-14)27-12-20-23-18-4-2-3-5-19(18)28-20/h2-11,13,26H,12H2,1H3,(H2,22,24,25)/t13-/m0/s1. The summed E-state index contributed by atoms with van der Waals surface area (Å²) in [6, 6.07) is 19.0. The minimum Gasteiger partial charge on any atom is -0.486 e. The second kappa shape index (κ2) is 7.84. The molecule has 0 aliphatic carbocycles. The maximum Gasteiger partial charge on any atom is 0.338 e. The van der Waals surface area contributed by atoms with Crippen LogP contribution in [0.1, 0.15) is 23.5 Å². The van der Waals surface area contributed by atoms with Crippen LogP contribution in [0, 0.1) is 0 Å². The number of benzene rings is 3. The molecule has 0 radical (unpaired) electrons. The Labute approximate surface area is 165 Å². The largest absolute Gasteiger partial charge is 0.486 e. The summed E-state index contributed by atoms with van der Waals surface area (Å²) in [6.45, 7) is 2.28. The number of nitrogens with zero attached hydrogens (tertiary/aromatic N) is 1. The molecule has 4 aromatic rings. The summed E-state index contributed by atoms with van der Waals surface area (Å²) in [7, 11) is 0. The van der Waals surface area contributed by atoms with Crippen LogP contribution >= 0.6 is 11.3 Å². The number of nitrogens with one attached hydrogen (secondary N) is 2. The fraction of sp³-hybridized carbons (Fsp3) is 0.143. The van der Waals surface area contributed by atoms with E-state index in [2.05, 4.69) is 16.4 Å². The van der Waals surface area contributed by atoms with E-state index in [0.717, 1.165) is 37.3 Å². The van der Waals surface area contributed by atoms with Gasteiger partial charge >= 0.3 is 6.03 Å². The van der Waals surface area contributed by atoms with Gasteiger partial charge in [0.25, 0.3) is 0 Å². The second-order valence-electron chi connectivity index (χ2n) is 6.44. The van der Waals surface area contributed by atoms with Crippen molar-refractivity contribution in [3.63, 3.8) is 0 Å². The van der Waals surface area contributed by atoms with E-state index in [1.54, 1.807) is 16.8 Å². The van der Waals surface area contributed by atoms with Crippen molar-refractivity contribution in [3.05, 3.63) is 71.2 Å². The molecule has 1 heterocycles. The van der Waals surface area contributed by atoms with Crippen LogP contribution in [0.15, 0.2) is 60.7 Å². The molecule has 0 spiro atoms. The molecule has 6 nitrogen and oxygen atoms in total. The summed E-state index contributed by atoms with van der Waals surface area (Å²) >= 11 is 1.64. The van der Waals surface area contributed by atoms with Crippen molar-refractivity contribution in [1.29, 1.82) is 0 Å². The van der Waals surface area contributed by atoms with Gasteiger partial charge in [0.2, 0.25) is 0 Å². The highest BCUT2D eigenvalue weighted by molar-refractivity contribution is 7.18. The van der Waals surface area contributed by atoms with E-state index in [4.69, 9.17) is 9.94 Å². The number of para-hydroxylation sites is 1. The first-order valence-electron chi connectivity index (χ1n) is 8.84. The number of aromatic nitrogens is 1. The van der Waals surface area contributed by atoms with Crippen LogP contribution in [0.4, 0.5) is 4.79 Å². The lowest BCUT2D eigenvalue weighted by Gasteiger charge is -2.14. The predicted octanol–water partition coefficient (Wildman–Crippen LogP) is 4.78. The van der Waals surface area contributed by atoms with Crippen LogP contribution < -0.4 is 15.5 Å². The fourth-order valence-corrected chi connectivity index (χ4v) is 3.92. The first-order valence-corrected chi connectivity index (χ1v) is 9.65. The van der Waals surface area contributed by atoms with Crippen molar-refractivity contribution >= 4 is 38.4 Å². The van der Waals surface area contributed by atoms with Gasteiger partial charge in [0.05, 0.1) is 16.3 Å². The van der Waals surface area contributed by atoms with Crippen LogP contribution in [0.5, 0.6) is 5.75 Å². The highest BCUT2D eigenvalue weighted by Gasteiger charge is 2.10. The van der Waals surface area contributed by atoms with Gasteiger partial charge in [-0.15, -0.1) is 11.3 Å². The number of hydrogen-bond donors (Lipinski definition) is 3. The highest BCUT2D eigenvalue weighted by atomic mass is 32.1. The van der Waals surface area contributed by atoms with Crippen LogP contribution in [0.3, 0.4) is 0 Å². The van der Waals surface area contributed by atoms with E-state index in [9.17, 15) is 4.79 Å². The topological polar surface area (TPSA) is 83.5 Å². The Bertz CT molecular complexity index is 1110. The van der Waals surface area contributed by atoms with Gasteiger partial charge in [-0.1, -0.05) is 30.3 Å². The molecule has 2 amide bonds. The van der Waals surface area contributed by atoms with Crippen LogP contribution in [-0.2, 0) is 6.61 Å². The number of carbonyl (C=O) groups is 1. The number of amides is 2. The number of fused-ring (bicyclic) bond motifs is 2. The van der Waals surface area contributed by atoms with E-state index in [1.807, 2.05) is 61.5 Å². The average Bonchev–Trinajstić information content (AvgIpc) is 3.14. The first-order chi connectivity index (χ1) is 13.6. The second-order valence-corrected chi connectivity index (χ2v) is 7.55. The quantitative estimate of drug-likeness (QED) is 0.337. The Hall–Kier alpha value is -3.16. The van der Waals surface area contributed by atoms with E-state index < -0.39 is 6.03 Å². The molecule has 1 atom stereocenters. The molecule has 3 aromatic carbocycles. The van der Waals surface area contributed by atoms with Crippen molar-refractivity contribution in [2.24, 2.45) is 0 Å². The van der Waals surface area contributed by atoms with Gasteiger partial charge in [-0.05, 0) is 53.6 Å². The van der Waals surface area contributed by atoms with Crippen molar-refractivity contribution in [2.75, 3.05) is 0 Å². The van der Waals surface area contributed by atoms with E-state index in [0.29, 0.717) is 6.61 Å². The SMILES string of the molecule is C[C@H](NC(=O)NO)c1ccc2cc(OCc3nc4ccccc4s3)ccc2c1. The minimum atomic E-state index is -0.633. The summed E-state index contributed by atoms with van der Waals surface area (Å²) in [4.78, 5) is 15.8. The molecule has 0 aliphatic rings. The van der Waals surface area contributed by atoms with Gasteiger partial charge in [0, 0.05) is 0 Å². The fourth-order valence-electron chi connectivity index (χ4n) is 3.04. The monoisotopic (exact) mass is 393 g/mol. The Morgan fingerprint density at radius 2 is 1.93 bits per heavy atom. The molecule has 28 heavy (non-hydrogen) atoms. The molecule has 0 saturated heterocycles. The number of urea groups is 1. The molecule has 0 fully saturated rings. The van der Waals surface area contributed by atoms with Crippen LogP contribution in [-0.4, -0.2) is 16.2 Å². The Morgan fingerprint density at radius 3 is 2.75 bits per heavy atom. The lowest BCUT2D eigenvalue weighted by molar-refractivity contribution is 0.159. The maximum absolute atomic E-state index is 11.3. The van der Waals surface area contributed by atoms with Gasteiger partial charge in [0.15, 0.2) is 0 Å². The smallest absolute Gasteiger partial charge is 0.338 e.